The second-order valence-corrected chi connectivity index (χ2v) is 11.8. The minimum Gasteiger partial charge on any atom is -0.755 e. The molecule has 0 aliphatic rings. The first-order valence-electron chi connectivity index (χ1n) is 12.4. The first kappa shape index (κ1) is 28.5. The van der Waals surface area contributed by atoms with Gasteiger partial charge in [0.2, 0.25) is 0 Å². The van der Waals surface area contributed by atoms with Crippen molar-refractivity contribution in [3.05, 3.63) is 93.8 Å². The van der Waals surface area contributed by atoms with Gasteiger partial charge in [-0.25, -0.2) is 9.97 Å². The van der Waals surface area contributed by atoms with E-state index in [2.05, 4.69) is 20.0 Å². The second kappa shape index (κ2) is 12.5. The van der Waals surface area contributed by atoms with Crippen molar-refractivity contribution in [3.8, 4) is 0 Å². The summed E-state index contributed by atoms with van der Waals surface area (Å²) >= 11 is -0.844. The summed E-state index contributed by atoms with van der Waals surface area (Å²) in [5.74, 6) is -0.639. The van der Waals surface area contributed by atoms with E-state index >= 15 is 0 Å². The van der Waals surface area contributed by atoms with Crippen molar-refractivity contribution >= 4 is 40.3 Å². The van der Waals surface area contributed by atoms with Crippen LogP contribution in [0.25, 0.3) is 0 Å². The van der Waals surface area contributed by atoms with E-state index in [-0.39, 0.29) is 18.0 Å². The Morgan fingerprint density at radius 1 is 1.10 bits per heavy atom. The maximum Gasteiger partial charge on any atom is 0.317 e. The summed E-state index contributed by atoms with van der Waals surface area (Å²) in [7, 11) is 0. The van der Waals surface area contributed by atoms with Crippen LogP contribution in [0.2, 0.25) is 0 Å². The van der Waals surface area contributed by atoms with Crippen LogP contribution in [-0.4, -0.2) is 30.3 Å². The van der Waals surface area contributed by atoms with E-state index < -0.39 is 22.8 Å². The van der Waals surface area contributed by atoms with E-state index in [4.69, 9.17) is 9.15 Å². The standard InChI is InChI=1S/C28H32N4O5S2/c1-18-30-24(17-38-18)23(15-20-10-12-21(13-11-20)32-39(34)35)31-27-29-16-25(36-27)22(26(33)37-28(2,3)4)14-19-8-6-5-7-9-19/h5-13,16-17,22-23,32H,14-15H2,1-4H3,(H,29,31)(H,34,35)/p-1/t22-,23-/m0/s1. The van der Waals surface area contributed by atoms with Crippen LogP contribution < -0.4 is 10.0 Å². The molecule has 0 fully saturated rings. The summed E-state index contributed by atoms with van der Waals surface area (Å²) in [6, 6.07) is 16.8. The smallest absolute Gasteiger partial charge is 0.317 e. The lowest BCUT2D eigenvalue weighted by Crippen LogP contribution is -2.28. The SMILES string of the molecule is Cc1nc([C@H](Cc2ccc(NS(=O)[O-])cc2)Nc2ncc([C@H](Cc3ccccc3)C(=O)OC(C)(C)C)o2)cs1. The van der Waals surface area contributed by atoms with Gasteiger partial charge in [0.25, 0.3) is 6.01 Å². The molecule has 0 aliphatic heterocycles. The molecule has 11 heteroatoms. The van der Waals surface area contributed by atoms with E-state index in [1.54, 1.807) is 29.7 Å². The number of aryl methyl sites for hydroxylation is 1. The predicted octanol–water partition coefficient (Wildman–Crippen LogP) is 5.71. The van der Waals surface area contributed by atoms with Crippen molar-refractivity contribution in [1.82, 2.24) is 9.97 Å². The van der Waals surface area contributed by atoms with Crippen LogP contribution in [0.5, 0.6) is 0 Å². The number of nitrogens with one attached hydrogen (secondary N) is 2. The molecule has 0 radical (unpaired) electrons. The van der Waals surface area contributed by atoms with Crippen LogP contribution in [0.1, 0.15) is 60.3 Å². The van der Waals surface area contributed by atoms with Gasteiger partial charge in [-0.2, -0.15) is 0 Å². The first-order valence-corrected chi connectivity index (χ1v) is 14.4. The van der Waals surface area contributed by atoms with Crippen molar-refractivity contribution in [2.45, 2.75) is 58.1 Å². The number of ether oxygens (including phenoxy) is 1. The molecule has 0 bridgehead atoms. The number of carbonyl (C=O) groups excluding carboxylic acids is 1. The zero-order valence-corrected chi connectivity index (χ0v) is 23.8. The molecule has 9 nitrogen and oxygen atoms in total. The van der Waals surface area contributed by atoms with Gasteiger partial charge >= 0.3 is 5.97 Å². The van der Waals surface area contributed by atoms with Crippen molar-refractivity contribution < 1.29 is 22.7 Å². The number of nitrogens with zero attached hydrogens (tertiary/aromatic N) is 2. The van der Waals surface area contributed by atoms with Crippen molar-refractivity contribution in [2.24, 2.45) is 0 Å². The Hall–Kier alpha value is -3.54. The van der Waals surface area contributed by atoms with Crippen LogP contribution in [0.15, 0.2) is 70.6 Å². The number of esters is 1. The monoisotopic (exact) mass is 567 g/mol. The molecule has 2 aromatic carbocycles. The highest BCUT2D eigenvalue weighted by Crippen LogP contribution is 2.30. The molecule has 39 heavy (non-hydrogen) atoms. The normalized spacial score (nSPS) is 13.9. The van der Waals surface area contributed by atoms with Gasteiger partial charge in [0, 0.05) is 22.3 Å². The average molecular weight is 568 g/mol. The molecule has 0 spiro atoms. The highest BCUT2D eigenvalue weighted by molar-refractivity contribution is 7.80. The van der Waals surface area contributed by atoms with Crippen LogP contribution in [0, 0.1) is 6.92 Å². The second-order valence-electron chi connectivity index (χ2n) is 10.1. The Bertz CT molecular complexity index is 1400. The van der Waals surface area contributed by atoms with Gasteiger partial charge in [-0.3, -0.25) is 9.00 Å². The summed E-state index contributed by atoms with van der Waals surface area (Å²) in [4.78, 5) is 22.2. The summed E-state index contributed by atoms with van der Waals surface area (Å²) in [5, 5.41) is 6.23. The number of carbonyl (C=O) groups is 1. The Morgan fingerprint density at radius 3 is 2.41 bits per heavy atom. The van der Waals surface area contributed by atoms with Crippen molar-refractivity contribution in [1.29, 1.82) is 0 Å². The third-order valence-corrected chi connectivity index (χ3v) is 6.92. The molecule has 0 saturated carbocycles. The molecule has 1 unspecified atom stereocenters. The summed E-state index contributed by atoms with van der Waals surface area (Å²) in [6.07, 6.45) is 2.52. The quantitative estimate of drug-likeness (QED) is 0.174. The molecule has 0 amide bonds. The summed E-state index contributed by atoms with van der Waals surface area (Å²) in [6.45, 7) is 7.44. The van der Waals surface area contributed by atoms with Gasteiger partial charge in [-0.1, -0.05) is 42.5 Å². The lowest BCUT2D eigenvalue weighted by molar-refractivity contribution is -0.157. The molecule has 206 valence electrons. The average Bonchev–Trinajstić information content (AvgIpc) is 3.51. The van der Waals surface area contributed by atoms with E-state index in [1.165, 1.54) is 0 Å². The summed E-state index contributed by atoms with van der Waals surface area (Å²) < 4.78 is 36.0. The van der Waals surface area contributed by atoms with Gasteiger partial charge in [0.05, 0.1) is 22.9 Å². The van der Waals surface area contributed by atoms with Crippen LogP contribution >= 0.6 is 11.3 Å². The van der Waals surface area contributed by atoms with Gasteiger partial charge in [-0.05, 0) is 63.8 Å². The molecular weight excluding hydrogens is 536 g/mol. The lowest BCUT2D eigenvalue weighted by Gasteiger charge is -2.23. The first-order chi connectivity index (χ1) is 18.6. The number of benzene rings is 2. The Morgan fingerprint density at radius 2 is 1.79 bits per heavy atom. The van der Waals surface area contributed by atoms with Gasteiger partial charge in [0.1, 0.15) is 17.3 Å². The van der Waals surface area contributed by atoms with E-state index in [1.807, 2.05) is 75.5 Å². The van der Waals surface area contributed by atoms with Crippen LogP contribution in [0.4, 0.5) is 11.7 Å². The zero-order chi connectivity index (χ0) is 28.0. The van der Waals surface area contributed by atoms with Crippen molar-refractivity contribution in [2.75, 3.05) is 10.0 Å². The largest absolute Gasteiger partial charge is 0.755 e. The number of aromatic nitrogens is 2. The number of hydrogen-bond donors (Lipinski definition) is 2. The van der Waals surface area contributed by atoms with Gasteiger partial charge in [0.15, 0.2) is 0 Å². The fraction of sp³-hybridized carbons (Fsp3) is 0.321. The number of thiazole rings is 1. The van der Waals surface area contributed by atoms with E-state index in [0.29, 0.717) is 24.3 Å². The minimum atomic E-state index is -2.39. The molecule has 0 saturated heterocycles. The van der Waals surface area contributed by atoms with Crippen LogP contribution in [-0.2, 0) is 33.6 Å². The zero-order valence-electron chi connectivity index (χ0n) is 22.2. The molecular formula is C28H31N4O5S2-. The third kappa shape index (κ3) is 8.47. The maximum atomic E-state index is 13.2. The minimum absolute atomic E-state index is 0.266. The van der Waals surface area contributed by atoms with Crippen molar-refractivity contribution in [3.63, 3.8) is 0 Å². The highest BCUT2D eigenvalue weighted by Gasteiger charge is 2.30. The van der Waals surface area contributed by atoms with Gasteiger partial charge in [-0.15, -0.1) is 11.3 Å². The molecule has 0 aliphatic carbocycles. The highest BCUT2D eigenvalue weighted by atomic mass is 32.2. The van der Waals surface area contributed by atoms with Gasteiger partial charge < -0.3 is 23.7 Å². The fourth-order valence-electron chi connectivity index (χ4n) is 4.00. The number of rotatable bonds is 11. The number of oxazole rings is 1. The molecule has 4 aromatic rings. The molecule has 2 aromatic heterocycles. The predicted molar refractivity (Wildman–Crippen MR) is 151 cm³/mol. The Balaban J connectivity index is 1.56. The molecule has 2 N–H and O–H groups in total. The fourth-order valence-corrected chi connectivity index (χ4v) is 4.99. The van der Waals surface area contributed by atoms with Crippen LogP contribution in [0.3, 0.4) is 0 Å². The number of hydrogen-bond acceptors (Lipinski definition) is 9. The molecule has 4 rings (SSSR count). The Labute approximate surface area is 234 Å². The number of anilines is 2. The van der Waals surface area contributed by atoms with E-state index in [0.717, 1.165) is 21.8 Å². The Kier molecular flexibility index (Phi) is 9.16. The maximum absolute atomic E-state index is 13.2. The third-order valence-electron chi connectivity index (χ3n) is 5.73. The molecule has 2 heterocycles. The molecule has 3 atom stereocenters. The lowest BCUT2D eigenvalue weighted by atomic mass is 9.97. The summed E-state index contributed by atoms with van der Waals surface area (Å²) in [5.41, 5.74) is 2.60. The topological polar surface area (TPSA) is 129 Å². The van der Waals surface area contributed by atoms with E-state index in [9.17, 15) is 13.6 Å².